The Labute approximate surface area is 107 Å². The van der Waals surface area contributed by atoms with Crippen LogP contribution < -0.4 is 5.73 Å². The minimum absolute atomic E-state index is 0.105. The van der Waals surface area contributed by atoms with E-state index in [1.54, 1.807) is 0 Å². The molecule has 1 atom stereocenters. The van der Waals surface area contributed by atoms with Crippen LogP contribution in [-0.4, -0.2) is 23.7 Å². The molecule has 0 spiro atoms. The van der Waals surface area contributed by atoms with E-state index in [0.717, 1.165) is 12.8 Å². The van der Waals surface area contributed by atoms with E-state index in [1.165, 1.54) is 11.8 Å². The number of hydrogen-bond donors (Lipinski definition) is 1. The first-order valence-corrected chi connectivity index (χ1v) is 6.62. The summed E-state index contributed by atoms with van der Waals surface area (Å²) in [5.74, 6) is 0.274. The Kier molecular flexibility index (Phi) is 8.58. The number of carbonyl (C=O) groups is 2. The zero-order valence-corrected chi connectivity index (χ0v) is 11.3. The van der Waals surface area contributed by atoms with Crippen LogP contribution in [0.1, 0.15) is 39.5 Å². The summed E-state index contributed by atoms with van der Waals surface area (Å²) in [6.45, 7) is 7.89. The number of rotatable bonds is 9. The Bertz CT molecular complexity index is 279. The van der Waals surface area contributed by atoms with Crippen molar-refractivity contribution in [2.45, 2.75) is 44.8 Å². The summed E-state index contributed by atoms with van der Waals surface area (Å²) in [4.78, 5) is 22.6. The van der Waals surface area contributed by atoms with E-state index >= 15 is 0 Å². The van der Waals surface area contributed by atoms with Gasteiger partial charge in [-0.15, -0.1) is 11.8 Å². The van der Waals surface area contributed by atoms with Crippen LogP contribution in [0.25, 0.3) is 0 Å². The van der Waals surface area contributed by atoms with Gasteiger partial charge >= 0.3 is 6.09 Å². The van der Waals surface area contributed by atoms with Gasteiger partial charge in [-0.2, -0.15) is 0 Å². The predicted octanol–water partition coefficient (Wildman–Crippen LogP) is 2.87. The first kappa shape index (κ1) is 16.0. The van der Waals surface area contributed by atoms with Crippen molar-refractivity contribution in [1.29, 1.82) is 0 Å². The monoisotopic (exact) mass is 259 g/mol. The molecule has 0 rings (SSSR count). The zero-order chi connectivity index (χ0) is 13.3. The second-order valence-corrected chi connectivity index (χ2v) is 5.54. The first-order valence-electron chi connectivity index (χ1n) is 5.74. The van der Waals surface area contributed by atoms with Crippen LogP contribution in [0.2, 0.25) is 0 Å². The van der Waals surface area contributed by atoms with Crippen molar-refractivity contribution in [3.63, 3.8) is 0 Å². The maximum absolute atomic E-state index is 11.5. The highest BCUT2D eigenvalue weighted by Crippen LogP contribution is 2.23. The van der Waals surface area contributed by atoms with Crippen molar-refractivity contribution < 1.29 is 14.3 Å². The highest BCUT2D eigenvalue weighted by atomic mass is 32.2. The highest BCUT2D eigenvalue weighted by molar-refractivity contribution is 8.03. The first-order chi connectivity index (χ1) is 7.95. The van der Waals surface area contributed by atoms with Crippen LogP contribution in [0.3, 0.4) is 0 Å². The molecule has 0 saturated carbocycles. The number of ketones is 1. The summed E-state index contributed by atoms with van der Waals surface area (Å²) in [5, 5.41) is 0.156. The van der Waals surface area contributed by atoms with Crippen molar-refractivity contribution in [2.24, 2.45) is 5.73 Å². The minimum atomic E-state index is -0.807. The largest absolute Gasteiger partial charge is 0.444 e. The highest BCUT2D eigenvalue weighted by Gasteiger charge is 2.11. The van der Waals surface area contributed by atoms with Crippen LogP contribution in [0.15, 0.2) is 11.5 Å². The Morgan fingerprint density at radius 2 is 2.12 bits per heavy atom. The molecule has 1 unspecified atom stereocenters. The number of amides is 1. The molecule has 0 bridgehead atoms. The lowest BCUT2D eigenvalue weighted by molar-refractivity contribution is -0.119. The molecule has 0 aromatic heterocycles. The van der Waals surface area contributed by atoms with Gasteiger partial charge in [-0.05, 0) is 6.42 Å². The van der Waals surface area contributed by atoms with E-state index in [4.69, 9.17) is 5.73 Å². The number of carbonyl (C=O) groups excluding carboxylic acids is 2. The number of thioether (sulfide) groups is 1. The number of nitrogens with two attached hydrogens (primary N) is 1. The van der Waals surface area contributed by atoms with Crippen LogP contribution in [0, 0.1) is 0 Å². The third kappa shape index (κ3) is 9.93. The number of hydrogen-bond acceptors (Lipinski definition) is 4. The maximum Gasteiger partial charge on any atom is 0.404 e. The van der Waals surface area contributed by atoms with Gasteiger partial charge in [-0.25, -0.2) is 4.79 Å². The second kappa shape index (κ2) is 9.10. The molecule has 1 amide bonds. The smallest absolute Gasteiger partial charge is 0.404 e. The zero-order valence-electron chi connectivity index (χ0n) is 10.5. The van der Waals surface area contributed by atoms with Gasteiger partial charge in [-0.1, -0.05) is 26.8 Å². The molecule has 0 aliphatic rings. The maximum atomic E-state index is 11.5. The van der Waals surface area contributed by atoms with Crippen LogP contribution in [0.4, 0.5) is 4.79 Å². The van der Waals surface area contributed by atoms with E-state index in [9.17, 15) is 9.59 Å². The van der Waals surface area contributed by atoms with E-state index in [0.29, 0.717) is 17.7 Å². The predicted molar refractivity (Wildman–Crippen MR) is 70.9 cm³/mol. The third-order valence-corrected chi connectivity index (χ3v) is 3.09. The van der Waals surface area contributed by atoms with Crippen molar-refractivity contribution in [3.05, 3.63) is 11.5 Å². The SMILES string of the molecule is C=C(COC(N)=O)SC(C)CC(=O)CCCC. The standard InChI is InChI=1S/C12H21NO3S/c1-4-5-6-11(14)7-9(2)17-10(3)8-16-12(13)15/h9H,3-8H2,1-2H3,(H2,13,15). The van der Waals surface area contributed by atoms with Gasteiger partial charge in [0.1, 0.15) is 12.4 Å². The summed E-state index contributed by atoms with van der Waals surface area (Å²) in [5.41, 5.74) is 4.84. The summed E-state index contributed by atoms with van der Waals surface area (Å²) < 4.78 is 4.61. The minimum Gasteiger partial charge on any atom is -0.444 e. The Balaban J connectivity index is 3.76. The topological polar surface area (TPSA) is 69.4 Å². The molecule has 5 heteroatoms. The van der Waals surface area contributed by atoms with Gasteiger partial charge in [-0.3, -0.25) is 4.79 Å². The molecule has 0 fully saturated rings. The molecule has 98 valence electrons. The molecular formula is C12H21NO3S. The fourth-order valence-electron chi connectivity index (χ4n) is 1.31. The lowest BCUT2D eigenvalue weighted by Gasteiger charge is -2.12. The Morgan fingerprint density at radius 3 is 2.65 bits per heavy atom. The summed E-state index contributed by atoms with van der Waals surface area (Å²) in [7, 11) is 0. The molecule has 2 N–H and O–H groups in total. The lowest BCUT2D eigenvalue weighted by Crippen LogP contribution is -2.15. The molecule has 0 heterocycles. The van der Waals surface area contributed by atoms with Gasteiger partial charge in [0.25, 0.3) is 0 Å². The van der Waals surface area contributed by atoms with E-state index in [2.05, 4.69) is 18.2 Å². The molecule has 0 aliphatic carbocycles. The van der Waals surface area contributed by atoms with Gasteiger partial charge in [0.05, 0.1) is 0 Å². The van der Waals surface area contributed by atoms with E-state index < -0.39 is 6.09 Å². The number of ether oxygens (including phenoxy) is 1. The van der Waals surface area contributed by atoms with Gasteiger partial charge in [0.2, 0.25) is 0 Å². The molecule has 17 heavy (non-hydrogen) atoms. The number of Topliss-reactive ketones (excluding diaryl/α,β-unsaturated/α-hetero) is 1. The molecule has 0 aromatic carbocycles. The number of unbranched alkanes of at least 4 members (excludes halogenated alkanes) is 1. The van der Waals surface area contributed by atoms with Gasteiger partial charge in [0, 0.05) is 23.0 Å². The van der Waals surface area contributed by atoms with Crippen molar-refractivity contribution in [1.82, 2.24) is 0 Å². The Hall–Kier alpha value is -0.970. The molecule has 0 aromatic rings. The fraction of sp³-hybridized carbons (Fsp3) is 0.667. The fourth-order valence-corrected chi connectivity index (χ4v) is 2.27. The quantitative estimate of drug-likeness (QED) is 0.691. The molecular weight excluding hydrogens is 238 g/mol. The summed E-state index contributed by atoms with van der Waals surface area (Å²) in [6.07, 6.45) is 2.35. The lowest BCUT2D eigenvalue weighted by atomic mass is 10.1. The van der Waals surface area contributed by atoms with Crippen LogP contribution in [-0.2, 0) is 9.53 Å². The van der Waals surface area contributed by atoms with Crippen molar-refractivity contribution >= 4 is 23.6 Å². The average Bonchev–Trinajstić information content (AvgIpc) is 2.23. The number of primary amides is 1. The van der Waals surface area contributed by atoms with Crippen LogP contribution >= 0.6 is 11.8 Å². The van der Waals surface area contributed by atoms with Gasteiger partial charge < -0.3 is 10.5 Å². The molecule has 0 aliphatic heterocycles. The average molecular weight is 259 g/mol. The van der Waals surface area contributed by atoms with E-state index in [-0.39, 0.29) is 17.6 Å². The second-order valence-electron chi connectivity index (χ2n) is 3.92. The van der Waals surface area contributed by atoms with Crippen LogP contribution in [0.5, 0.6) is 0 Å². The molecule has 0 saturated heterocycles. The third-order valence-electron chi connectivity index (χ3n) is 2.07. The summed E-state index contributed by atoms with van der Waals surface area (Å²) in [6, 6.07) is 0. The normalized spacial score (nSPS) is 11.9. The summed E-state index contributed by atoms with van der Waals surface area (Å²) >= 11 is 1.46. The van der Waals surface area contributed by atoms with Gasteiger partial charge in [0.15, 0.2) is 0 Å². The molecule has 4 nitrogen and oxygen atoms in total. The van der Waals surface area contributed by atoms with Crippen molar-refractivity contribution in [2.75, 3.05) is 6.61 Å². The Morgan fingerprint density at radius 1 is 1.47 bits per heavy atom. The van der Waals surface area contributed by atoms with Crippen molar-refractivity contribution in [3.8, 4) is 0 Å². The van der Waals surface area contributed by atoms with E-state index in [1.807, 2.05) is 6.92 Å². The molecule has 0 radical (unpaired) electrons.